The first-order valence-electron chi connectivity index (χ1n) is 6.58. The number of benzene rings is 1. The summed E-state index contributed by atoms with van der Waals surface area (Å²) < 4.78 is 18.0. The van der Waals surface area contributed by atoms with Crippen LogP contribution in [0.4, 0.5) is 0 Å². The Hall–Kier alpha value is -0.710. The second kappa shape index (κ2) is 5.11. The lowest BCUT2D eigenvalue weighted by molar-refractivity contribution is 0.0990. The van der Waals surface area contributed by atoms with E-state index in [9.17, 15) is 4.21 Å². The molecule has 1 aromatic rings. The third-order valence-electron chi connectivity index (χ3n) is 4.03. The highest BCUT2D eigenvalue weighted by Gasteiger charge is 2.37. The molecule has 0 saturated carbocycles. The molecule has 98 valence electrons. The van der Waals surface area contributed by atoms with Crippen LogP contribution in [0, 0.1) is 0 Å². The average Bonchev–Trinajstić information content (AvgIpc) is 2.77. The Morgan fingerprint density at radius 2 is 1.94 bits per heavy atom. The van der Waals surface area contributed by atoms with Gasteiger partial charge in [-0.15, -0.1) is 0 Å². The van der Waals surface area contributed by atoms with Crippen molar-refractivity contribution in [3.8, 4) is 0 Å². The molecule has 1 saturated heterocycles. The first-order valence-corrected chi connectivity index (χ1v) is 7.85. The predicted octanol–water partition coefficient (Wildman–Crippen LogP) is 1.54. The SMILES string of the molecule is NC1c2ccccc2CC1S(=O)C1CCOCC1. The van der Waals surface area contributed by atoms with E-state index >= 15 is 0 Å². The monoisotopic (exact) mass is 265 g/mol. The van der Waals surface area contributed by atoms with Crippen molar-refractivity contribution < 1.29 is 8.95 Å². The van der Waals surface area contributed by atoms with Crippen LogP contribution in [0.15, 0.2) is 24.3 Å². The van der Waals surface area contributed by atoms with E-state index in [1.54, 1.807) is 0 Å². The Kier molecular flexibility index (Phi) is 3.50. The summed E-state index contributed by atoms with van der Waals surface area (Å²) in [5, 5.41) is 0.356. The standard InChI is InChI=1S/C14H19NO2S/c15-14-12-4-2-1-3-10(12)9-13(14)18(16)11-5-7-17-8-6-11/h1-4,11,13-14H,5-9,15H2. The number of hydrogen-bond acceptors (Lipinski definition) is 3. The molecule has 0 aromatic heterocycles. The van der Waals surface area contributed by atoms with E-state index in [-0.39, 0.29) is 16.5 Å². The van der Waals surface area contributed by atoms with Gasteiger partial charge in [0.1, 0.15) is 0 Å². The molecule has 3 unspecified atom stereocenters. The maximum atomic E-state index is 12.7. The third kappa shape index (κ3) is 2.13. The Balaban J connectivity index is 1.77. The highest BCUT2D eigenvalue weighted by atomic mass is 32.2. The molecule has 3 atom stereocenters. The highest BCUT2D eigenvalue weighted by Crippen LogP contribution is 2.34. The van der Waals surface area contributed by atoms with Crippen molar-refractivity contribution in [2.45, 2.75) is 35.8 Å². The van der Waals surface area contributed by atoms with Crippen molar-refractivity contribution in [3.63, 3.8) is 0 Å². The lowest BCUT2D eigenvalue weighted by atomic mass is 10.1. The highest BCUT2D eigenvalue weighted by molar-refractivity contribution is 7.86. The summed E-state index contributed by atoms with van der Waals surface area (Å²) in [7, 11) is -0.843. The second-order valence-electron chi connectivity index (χ2n) is 5.11. The molecule has 2 N–H and O–H groups in total. The first-order chi connectivity index (χ1) is 8.77. The normalized spacial score (nSPS) is 30.1. The zero-order chi connectivity index (χ0) is 12.5. The second-order valence-corrected chi connectivity index (χ2v) is 7.04. The summed E-state index contributed by atoms with van der Waals surface area (Å²) in [6, 6.07) is 8.16. The van der Waals surface area contributed by atoms with Crippen molar-refractivity contribution in [2.24, 2.45) is 5.73 Å². The van der Waals surface area contributed by atoms with Crippen molar-refractivity contribution in [1.29, 1.82) is 0 Å². The van der Waals surface area contributed by atoms with Crippen molar-refractivity contribution in [1.82, 2.24) is 0 Å². The van der Waals surface area contributed by atoms with Crippen LogP contribution in [-0.2, 0) is 22.0 Å². The van der Waals surface area contributed by atoms with Gasteiger partial charge < -0.3 is 10.5 Å². The van der Waals surface area contributed by atoms with Crippen LogP contribution in [0.2, 0.25) is 0 Å². The summed E-state index contributed by atoms with van der Waals surface area (Å²) >= 11 is 0. The topological polar surface area (TPSA) is 52.3 Å². The van der Waals surface area contributed by atoms with Gasteiger partial charge in [-0.1, -0.05) is 24.3 Å². The summed E-state index contributed by atoms with van der Waals surface area (Å²) in [6.07, 6.45) is 2.68. The van der Waals surface area contributed by atoms with Gasteiger partial charge in [0.2, 0.25) is 0 Å². The molecule has 4 heteroatoms. The molecule has 0 amide bonds. The fraction of sp³-hybridized carbons (Fsp3) is 0.571. The van der Waals surface area contributed by atoms with Gasteiger partial charge in [0.15, 0.2) is 0 Å². The van der Waals surface area contributed by atoms with E-state index in [1.165, 1.54) is 11.1 Å². The molecule has 18 heavy (non-hydrogen) atoms. The minimum atomic E-state index is -0.843. The molecular weight excluding hydrogens is 246 g/mol. The number of rotatable bonds is 2. The van der Waals surface area contributed by atoms with Crippen molar-refractivity contribution in [3.05, 3.63) is 35.4 Å². The first kappa shape index (κ1) is 12.3. The molecule has 1 aliphatic carbocycles. The fourth-order valence-electron chi connectivity index (χ4n) is 2.97. The van der Waals surface area contributed by atoms with Crippen LogP contribution in [0.1, 0.15) is 30.0 Å². The summed E-state index contributed by atoms with van der Waals surface area (Å²) in [4.78, 5) is 0. The van der Waals surface area contributed by atoms with E-state index < -0.39 is 10.8 Å². The Bertz CT molecular complexity index is 457. The molecule has 1 fully saturated rings. The Labute approximate surface area is 110 Å². The quantitative estimate of drug-likeness (QED) is 0.882. The van der Waals surface area contributed by atoms with Gasteiger partial charge in [0.05, 0.1) is 5.25 Å². The summed E-state index contributed by atoms with van der Waals surface area (Å²) in [5.41, 5.74) is 8.73. The molecular formula is C14H19NO2S. The van der Waals surface area contributed by atoms with Gasteiger partial charge in [-0.25, -0.2) is 0 Å². The summed E-state index contributed by atoms with van der Waals surface area (Å²) in [6.45, 7) is 1.48. The van der Waals surface area contributed by atoms with Crippen LogP contribution < -0.4 is 5.73 Å². The summed E-state index contributed by atoms with van der Waals surface area (Å²) in [5.74, 6) is 0. The minimum Gasteiger partial charge on any atom is -0.381 e. The lowest BCUT2D eigenvalue weighted by Crippen LogP contribution is -2.35. The van der Waals surface area contributed by atoms with E-state index in [1.807, 2.05) is 12.1 Å². The molecule has 1 aromatic carbocycles. The zero-order valence-corrected chi connectivity index (χ0v) is 11.2. The fourth-order valence-corrected chi connectivity index (χ4v) is 4.90. The molecule has 2 aliphatic rings. The molecule has 3 nitrogen and oxygen atoms in total. The van der Waals surface area contributed by atoms with Gasteiger partial charge in [-0.05, 0) is 30.4 Å². The molecule has 3 rings (SSSR count). The maximum absolute atomic E-state index is 12.7. The van der Waals surface area contributed by atoms with Gasteiger partial charge >= 0.3 is 0 Å². The molecule has 0 bridgehead atoms. The van der Waals surface area contributed by atoms with Crippen LogP contribution >= 0.6 is 0 Å². The van der Waals surface area contributed by atoms with Crippen molar-refractivity contribution >= 4 is 10.8 Å². The number of fused-ring (bicyclic) bond motifs is 1. The third-order valence-corrected chi connectivity index (χ3v) is 6.22. The number of ether oxygens (including phenoxy) is 1. The van der Waals surface area contributed by atoms with E-state index in [4.69, 9.17) is 10.5 Å². The Morgan fingerprint density at radius 3 is 2.67 bits per heavy atom. The molecule has 1 aliphatic heterocycles. The van der Waals surface area contributed by atoms with Gasteiger partial charge in [0.25, 0.3) is 0 Å². The minimum absolute atomic E-state index is 0.0649. The molecule has 0 spiro atoms. The maximum Gasteiger partial charge on any atom is 0.0584 e. The average molecular weight is 265 g/mol. The largest absolute Gasteiger partial charge is 0.381 e. The Morgan fingerprint density at radius 1 is 1.22 bits per heavy atom. The van der Waals surface area contributed by atoms with Gasteiger partial charge in [-0.3, -0.25) is 4.21 Å². The zero-order valence-electron chi connectivity index (χ0n) is 10.4. The van der Waals surface area contributed by atoms with E-state index in [0.717, 1.165) is 32.5 Å². The van der Waals surface area contributed by atoms with Gasteiger partial charge in [-0.2, -0.15) is 0 Å². The van der Waals surface area contributed by atoms with Crippen LogP contribution in [0.3, 0.4) is 0 Å². The van der Waals surface area contributed by atoms with Crippen LogP contribution in [0.25, 0.3) is 0 Å². The van der Waals surface area contributed by atoms with Crippen LogP contribution in [-0.4, -0.2) is 27.9 Å². The number of hydrogen-bond donors (Lipinski definition) is 1. The van der Waals surface area contributed by atoms with Crippen molar-refractivity contribution in [2.75, 3.05) is 13.2 Å². The van der Waals surface area contributed by atoms with E-state index in [2.05, 4.69) is 12.1 Å². The van der Waals surface area contributed by atoms with Crippen LogP contribution in [0.5, 0.6) is 0 Å². The smallest absolute Gasteiger partial charge is 0.0584 e. The molecule has 1 heterocycles. The predicted molar refractivity (Wildman–Crippen MR) is 72.8 cm³/mol. The molecule has 0 radical (unpaired) electrons. The number of nitrogens with two attached hydrogens (primary N) is 1. The lowest BCUT2D eigenvalue weighted by Gasteiger charge is -2.26. The van der Waals surface area contributed by atoms with Gasteiger partial charge in [0, 0.05) is 35.3 Å². The van der Waals surface area contributed by atoms with E-state index in [0.29, 0.717) is 0 Å².